The molecule has 17 heavy (non-hydrogen) atoms. The Labute approximate surface area is 107 Å². The molecule has 0 radical (unpaired) electrons. The van der Waals surface area contributed by atoms with E-state index in [1.54, 1.807) is 0 Å². The molecule has 0 spiro atoms. The Morgan fingerprint density at radius 2 is 1.94 bits per heavy atom. The molecule has 0 amide bonds. The van der Waals surface area contributed by atoms with Crippen LogP contribution in [0.4, 0.5) is 0 Å². The van der Waals surface area contributed by atoms with E-state index < -0.39 is 0 Å². The van der Waals surface area contributed by atoms with Crippen molar-refractivity contribution in [2.24, 2.45) is 0 Å². The summed E-state index contributed by atoms with van der Waals surface area (Å²) in [4.78, 5) is 5.22. The summed E-state index contributed by atoms with van der Waals surface area (Å²) >= 11 is 0. The molecule has 1 N–H and O–H groups in total. The highest BCUT2D eigenvalue weighted by molar-refractivity contribution is 4.83. The highest BCUT2D eigenvalue weighted by Crippen LogP contribution is 2.25. The van der Waals surface area contributed by atoms with Crippen LogP contribution in [0.25, 0.3) is 0 Å². The van der Waals surface area contributed by atoms with Gasteiger partial charge in [0.2, 0.25) is 0 Å². The SMILES string of the molecule is CCN(CCNCCCN1CCCC1)C1CC1. The van der Waals surface area contributed by atoms with Crippen LogP contribution in [0.3, 0.4) is 0 Å². The van der Waals surface area contributed by atoms with Crippen LogP contribution in [-0.2, 0) is 0 Å². The monoisotopic (exact) mass is 239 g/mol. The van der Waals surface area contributed by atoms with Crippen molar-refractivity contribution in [3.63, 3.8) is 0 Å². The largest absolute Gasteiger partial charge is 0.315 e. The predicted molar refractivity (Wildman–Crippen MR) is 73.4 cm³/mol. The molecule has 0 aromatic carbocycles. The third kappa shape index (κ3) is 4.94. The smallest absolute Gasteiger partial charge is 0.0110 e. The van der Waals surface area contributed by atoms with E-state index in [0.29, 0.717) is 0 Å². The molecule has 0 unspecified atom stereocenters. The van der Waals surface area contributed by atoms with Crippen LogP contribution in [0.2, 0.25) is 0 Å². The van der Waals surface area contributed by atoms with Gasteiger partial charge in [-0.2, -0.15) is 0 Å². The number of likely N-dealkylation sites (tertiary alicyclic amines) is 1. The summed E-state index contributed by atoms with van der Waals surface area (Å²) in [6.07, 6.45) is 7.02. The summed E-state index contributed by atoms with van der Waals surface area (Å²) in [5, 5.41) is 3.59. The highest BCUT2D eigenvalue weighted by atomic mass is 15.2. The fourth-order valence-corrected chi connectivity index (χ4v) is 2.82. The number of nitrogens with zero attached hydrogens (tertiary/aromatic N) is 2. The lowest BCUT2D eigenvalue weighted by molar-refractivity contribution is 0.275. The van der Waals surface area contributed by atoms with Crippen LogP contribution in [-0.4, -0.2) is 61.7 Å². The van der Waals surface area contributed by atoms with Gasteiger partial charge < -0.3 is 10.2 Å². The van der Waals surface area contributed by atoms with E-state index in [0.717, 1.165) is 6.04 Å². The summed E-state index contributed by atoms with van der Waals surface area (Å²) in [6, 6.07) is 0.923. The van der Waals surface area contributed by atoms with Crippen molar-refractivity contribution in [2.75, 3.05) is 45.8 Å². The standard InChI is InChI=1S/C14H29N3/c1-2-17(14-6-7-14)13-9-15-8-5-12-16-10-3-4-11-16/h14-15H,2-13H2,1H3. The van der Waals surface area contributed by atoms with Crippen molar-refractivity contribution in [2.45, 2.75) is 45.1 Å². The maximum Gasteiger partial charge on any atom is 0.0110 e. The molecule has 3 heteroatoms. The lowest BCUT2D eigenvalue weighted by Gasteiger charge is -2.20. The van der Waals surface area contributed by atoms with Crippen LogP contribution in [0.1, 0.15) is 39.0 Å². The molecule has 1 heterocycles. The summed E-state index contributed by atoms with van der Waals surface area (Å²) in [6.45, 7) is 11.1. The zero-order chi connectivity index (χ0) is 11.9. The fraction of sp³-hybridized carbons (Fsp3) is 1.00. The molecule has 1 aliphatic carbocycles. The van der Waals surface area contributed by atoms with E-state index in [1.807, 2.05) is 0 Å². The fourth-order valence-electron chi connectivity index (χ4n) is 2.82. The summed E-state index contributed by atoms with van der Waals surface area (Å²) in [5.74, 6) is 0. The summed E-state index contributed by atoms with van der Waals surface area (Å²) in [7, 11) is 0. The molecule has 1 saturated heterocycles. The Morgan fingerprint density at radius 1 is 1.18 bits per heavy atom. The van der Waals surface area contributed by atoms with Crippen LogP contribution in [0.5, 0.6) is 0 Å². The van der Waals surface area contributed by atoms with Crippen molar-refractivity contribution in [3.05, 3.63) is 0 Å². The van der Waals surface area contributed by atoms with Crippen molar-refractivity contribution in [1.82, 2.24) is 15.1 Å². The van der Waals surface area contributed by atoms with Crippen molar-refractivity contribution < 1.29 is 0 Å². The molecule has 100 valence electrons. The second kappa shape index (κ2) is 7.34. The zero-order valence-electron chi connectivity index (χ0n) is 11.5. The Bertz CT molecular complexity index is 198. The van der Waals surface area contributed by atoms with Crippen LogP contribution in [0.15, 0.2) is 0 Å². The van der Waals surface area contributed by atoms with E-state index in [1.165, 1.54) is 77.9 Å². The Kier molecular flexibility index (Phi) is 5.75. The minimum absolute atomic E-state index is 0.923. The topological polar surface area (TPSA) is 18.5 Å². The Balaban J connectivity index is 1.40. The van der Waals surface area contributed by atoms with Gasteiger partial charge in [-0.05, 0) is 64.8 Å². The third-order valence-electron chi connectivity index (χ3n) is 4.07. The summed E-state index contributed by atoms with van der Waals surface area (Å²) < 4.78 is 0. The van der Waals surface area contributed by atoms with Gasteiger partial charge in [0, 0.05) is 19.1 Å². The number of likely N-dealkylation sites (N-methyl/N-ethyl adjacent to an activating group) is 1. The van der Waals surface area contributed by atoms with Gasteiger partial charge in [0.25, 0.3) is 0 Å². The van der Waals surface area contributed by atoms with E-state index in [9.17, 15) is 0 Å². The molecule has 1 aliphatic heterocycles. The van der Waals surface area contributed by atoms with Crippen LogP contribution < -0.4 is 5.32 Å². The zero-order valence-corrected chi connectivity index (χ0v) is 11.5. The normalized spacial score (nSPS) is 21.5. The first-order valence-electron chi connectivity index (χ1n) is 7.57. The summed E-state index contributed by atoms with van der Waals surface area (Å²) in [5.41, 5.74) is 0. The number of nitrogens with one attached hydrogen (secondary N) is 1. The molecule has 1 saturated carbocycles. The van der Waals surface area contributed by atoms with Crippen LogP contribution >= 0.6 is 0 Å². The quantitative estimate of drug-likeness (QED) is 0.616. The molecule has 2 aliphatic rings. The van der Waals surface area contributed by atoms with E-state index in [4.69, 9.17) is 0 Å². The molecule has 2 rings (SSSR count). The number of hydrogen-bond donors (Lipinski definition) is 1. The second-order valence-electron chi connectivity index (χ2n) is 5.51. The molecule has 0 atom stereocenters. The average molecular weight is 239 g/mol. The molecular weight excluding hydrogens is 210 g/mol. The molecular formula is C14H29N3. The molecule has 0 aromatic heterocycles. The maximum atomic E-state index is 3.59. The minimum Gasteiger partial charge on any atom is -0.315 e. The van der Waals surface area contributed by atoms with Gasteiger partial charge in [-0.15, -0.1) is 0 Å². The third-order valence-corrected chi connectivity index (χ3v) is 4.07. The lowest BCUT2D eigenvalue weighted by atomic mass is 10.3. The average Bonchev–Trinajstić information content (AvgIpc) is 3.05. The van der Waals surface area contributed by atoms with Crippen LogP contribution in [0, 0.1) is 0 Å². The van der Waals surface area contributed by atoms with E-state index in [-0.39, 0.29) is 0 Å². The van der Waals surface area contributed by atoms with Gasteiger partial charge in [-0.3, -0.25) is 4.90 Å². The molecule has 0 bridgehead atoms. The molecule has 3 nitrogen and oxygen atoms in total. The van der Waals surface area contributed by atoms with Gasteiger partial charge in [-0.1, -0.05) is 6.92 Å². The molecule has 0 aromatic rings. The lowest BCUT2D eigenvalue weighted by Crippen LogP contribution is -2.34. The Morgan fingerprint density at radius 3 is 2.59 bits per heavy atom. The number of hydrogen-bond acceptors (Lipinski definition) is 3. The number of rotatable bonds is 9. The van der Waals surface area contributed by atoms with Gasteiger partial charge in [0.05, 0.1) is 0 Å². The van der Waals surface area contributed by atoms with E-state index >= 15 is 0 Å². The predicted octanol–water partition coefficient (Wildman–Crippen LogP) is 1.55. The Hall–Kier alpha value is -0.120. The first-order valence-corrected chi connectivity index (χ1v) is 7.57. The van der Waals surface area contributed by atoms with Crippen molar-refractivity contribution in [1.29, 1.82) is 0 Å². The first-order chi connectivity index (χ1) is 8.40. The van der Waals surface area contributed by atoms with Crippen molar-refractivity contribution in [3.8, 4) is 0 Å². The van der Waals surface area contributed by atoms with E-state index in [2.05, 4.69) is 22.0 Å². The minimum atomic E-state index is 0.923. The van der Waals surface area contributed by atoms with Gasteiger partial charge in [-0.25, -0.2) is 0 Å². The van der Waals surface area contributed by atoms with Crippen molar-refractivity contribution >= 4 is 0 Å². The van der Waals surface area contributed by atoms with Gasteiger partial charge >= 0.3 is 0 Å². The first kappa shape index (κ1) is 13.3. The highest BCUT2D eigenvalue weighted by Gasteiger charge is 2.26. The maximum absolute atomic E-state index is 3.59. The van der Waals surface area contributed by atoms with Gasteiger partial charge in [0.15, 0.2) is 0 Å². The van der Waals surface area contributed by atoms with Gasteiger partial charge in [0.1, 0.15) is 0 Å². The second-order valence-corrected chi connectivity index (χ2v) is 5.51. The molecule has 2 fully saturated rings.